The third-order valence-electron chi connectivity index (χ3n) is 5.19. The molecule has 0 aliphatic heterocycles. The summed E-state index contributed by atoms with van der Waals surface area (Å²) in [6.07, 6.45) is 0. The van der Waals surface area contributed by atoms with Gasteiger partial charge in [-0.05, 0) is 34.9 Å². The van der Waals surface area contributed by atoms with E-state index in [9.17, 15) is 0 Å². The second-order valence-electron chi connectivity index (χ2n) is 7.09. The Morgan fingerprint density at radius 2 is 1.44 bits per heavy atom. The zero-order valence-electron chi connectivity index (χ0n) is 16.1. The maximum atomic E-state index is 4.49. The van der Waals surface area contributed by atoms with Gasteiger partial charge in [-0.25, -0.2) is 0 Å². The van der Waals surface area contributed by atoms with Crippen LogP contribution in [0.25, 0.3) is 27.7 Å². The normalized spacial score (nSPS) is 10.9. The quantitative estimate of drug-likeness (QED) is 0.439. The summed E-state index contributed by atoms with van der Waals surface area (Å²) in [7, 11) is 6.25. The summed E-state index contributed by atoms with van der Waals surface area (Å²) in [5, 5.41) is 1.24. The first-order chi connectivity index (χ1) is 13.1. The van der Waals surface area contributed by atoms with Gasteiger partial charge in [-0.15, -0.1) is 0 Å². The Bertz CT molecular complexity index is 1100. The number of benzene rings is 3. The standard InChI is InChI=1S/C25H24N2/c1-18(19-14-16-21(17-15-19)26(2)3)24-22-12-8-9-13-23(22)27(4)25(24)20-10-6-5-7-11-20/h5-17H,1H2,2-4H3. The van der Waals surface area contributed by atoms with Gasteiger partial charge in [-0.2, -0.15) is 0 Å². The van der Waals surface area contributed by atoms with Crippen LogP contribution < -0.4 is 4.90 Å². The van der Waals surface area contributed by atoms with Crippen molar-refractivity contribution in [2.75, 3.05) is 19.0 Å². The van der Waals surface area contributed by atoms with E-state index in [0.29, 0.717) is 0 Å². The molecule has 0 spiro atoms. The summed E-state index contributed by atoms with van der Waals surface area (Å²) in [6.45, 7) is 4.49. The Kier molecular flexibility index (Phi) is 4.33. The highest BCUT2D eigenvalue weighted by molar-refractivity contribution is 6.03. The molecule has 1 heterocycles. The van der Waals surface area contributed by atoms with Gasteiger partial charge < -0.3 is 9.47 Å². The first kappa shape index (κ1) is 17.2. The van der Waals surface area contributed by atoms with E-state index in [0.717, 1.165) is 11.1 Å². The topological polar surface area (TPSA) is 8.17 Å². The maximum Gasteiger partial charge on any atom is 0.0568 e. The smallest absolute Gasteiger partial charge is 0.0568 e. The minimum absolute atomic E-state index is 1.05. The van der Waals surface area contributed by atoms with Crippen LogP contribution in [0.2, 0.25) is 0 Å². The summed E-state index contributed by atoms with van der Waals surface area (Å²) in [4.78, 5) is 2.11. The van der Waals surface area contributed by atoms with E-state index in [-0.39, 0.29) is 0 Å². The van der Waals surface area contributed by atoms with Crippen LogP contribution in [0.5, 0.6) is 0 Å². The van der Waals surface area contributed by atoms with Gasteiger partial charge in [-0.3, -0.25) is 0 Å². The molecule has 1 aromatic heterocycles. The minimum Gasteiger partial charge on any atom is -0.378 e. The van der Waals surface area contributed by atoms with Crippen molar-refractivity contribution in [3.8, 4) is 11.3 Å². The van der Waals surface area contributed by atoms with E-state index >= 15 is 0 Å². The van der Waals surface area contributed by atoms with Crippen molar-refractivity contribution in [3.63, 3.8) is 0 Å². The van der Waals surface area contributed by atoms with Crippen LogP contribution in [0.1, 0.15) is 11.1 Å². The lowest BCUT2D eigenvalue weighted by Gasteiger charge is -2.15. The first-order valence-corrected chi connectivity index (χ1v) is 9.18. The number of anilines is 1. The van der Waals surface area contributed by atoms with Gasteiger partial charge in [-0.1, -0.05) is 67.2 Å². The zero-order valence-corrected chi connectivity index (χ0v) is 16.1. The van der Waals surface area contributed by atoms with Crippen LogP contribution in [0, 0.1) is 0 Å². The van der Waals surface area contributed by atoms with E-state index in [1.807, 2.05) is 0 Å². The van der Waals surface area contributed by atoms with Crippen LogP contribution in [0.4, 0.5) is 5.69 Å². The molecule has 2 nitrogen and oxygen atoms in total. The average Bonchev–Trinajstić information content (AvgIpc) is 3.01. The zero-order chi connectivity index (χ0) is 19.0. The molecule has 4 rings (SSSR count). The summed E-state index contributed by atoms with van der Waals surface area (Å²) in [5.74, 6) is 0. The lowest BCUT2D eigenvalue weighted by atomic mass is 9.94. The number of rotatable bonds is 4. The van der Waals surface area contributed by atoms with Gasteiger partial charge in [0.2, 0.25) is 0 Å². The molecule has 0 saturated heterocycles. The molecule has 2 heteroatoms. The average molecular weight is 352 g/mol. The molecule has 134 valence electrons. The predicted octanol–water partition coefficient (Wildman–Crippen LogP) is 5.97. The number of aromatic nitrogens is 1. The summed E-state index contributed by atoms with van der Waals surface area (Å²) in [6, 6.07) is 27.7. The van der Waals surface area contributed by atoms with Crippen molar-refractivity contribution in [2.24, 2.45) is 7.05 Å². The Morgan fingerprint density at radius 1 is 0.815 bits per heavy atom. The van der Waals surface area contributed by atoms with E-state index in [2.05, 4.69) is 116 Å². The van der Waals surface area contributed by atoms with Crippen molar-refractivity contribution < 1.29 is 0 Å². The Hall–Kier alpha value is -3.26. The highest BCUT2D eigenvalue weighted by Gasteiger charge is 2.19. The molecule has 0 N–H and O–H groups in total. The molecule has 0 aliphatic carbocycles. The molecule has 0 saturated carbocycles. The van der Waals surface area contributed by atoms with Crippen molar-refractivity contribution >= 4 is 22.2 Å². The fourth-order valence-electron chi connectivity index (χ4n) is 3.74. The summed E-state index contributed by atoms with van der Waals surface area (Å²) >= 11 is 0. The molecule has 0 amide bonds. The number of para-hydroxylation sites is 1. The molecule has 0 bridgehead atoms. The Morgan fingerprint density at radius 3 is 2.11 bits per heavy atom. The third-order valence-corrected chi connectivity index (χ3v) is 5.19. The minimum atomic E-state index is 1.05. The molecule has 0 fully saturated rings. The molecule has 0 unspecified atom stereocenters. The highest BCUT2D eigenvalue weighted by atomic mass is 15.1. The predicted molar refractivity (Wildman–Crippen MR) is 117 cm³/mol. The number of hydrogen-bond acceptors (Lipinski definition) is 1. The fraction of sp³-hybridized carbons (Fsp3) is 0.120. The van der Waals surface area contributed by atoms with E-state index in [1.165, 1.54) is 33.4 Å². The maximum absolute atomic E-state index is 4.49. The largest absolute Gasteiger partial charge is 0.378 e. The number of aryl methyl sites for hydroxylation is 1. The van der Waals surface area contributed by atoms with Crippen LogP contribution in [0.15, 0.2) is 85.4 Å². The first-order valence-electron chi connectivity index (χ1n) is 9.18. The number of nitrogens with zero attached hydrogens (tertiary/aromatic N) is 2. The summed E-state index contributed by atoms with van der Waals surface area (Å²) < 4.78 is 2.28. The molecule has 3 aromatic carbocycles. The second-order valence-corrected chi connectivity index (χ2v) is 7.09. The van der Waals surface area contributed by atoms with Gasteiger partial charge in [0.05, 0.1) is 5.69 Å². The molecule has 0 aliphatic rings. The lowest BCUT2D eigenvalue weighted by Crippen LogP contribution is -2.08. The fourth-order valence-corrected chi connectivity index (χ4v) is 3.74. The van der Waals surface area contributed by atoms with Gasteiger partial charge in [0.15, 0.2) is 0 Å². The van der Waals surface area contributed by atoms with Gasteiger partial charge in [0.25, 0.3) is 0 Å². The van der Waals surface area contributed by atoms with Crippen molar-refractivity contribution in [2.45, 2.75) is 0 Å². The molecule has 27 heavy (non-hydrogen) atoms. The molecule has 4 aromatic rings. The van der Waals surface area contributed by atoms with Gasteiger partial charge >= 0.3 is 0 Å². The highest BCUT2D eigenvalue weighted by Crippen LogP contribution is 2.39. The monoisotopic (exact) mass is 352 g/mol. The van der Waals surface area contributed by atoms with E-state index in [4.69, 9.17) is 0 Å². The van der Waals surface area contributed by atoms with Crippen LogP contribution in [0.3, 0.4) is 0 Å². The van der Waals surface area contributed by atoms with Crippen molar-refractivity contribution in [3.05, 3.63) is 96.6 Å². The lowest BCUT2D eigenvalue weighted by molar-refractivity contribution is 0.976. The SMILES string of the molecule is C=C(c1ccc(N(C)C)cc1)c1c(-c2ccccc2)n(C)c2ccccc12. The second kappa shape index (κ2) is 6.81. The van der Waals surface area contributed by atoms with Crippen molar-refractivity contribution in [1.82, 2.24) is 4.57 Å². The summed E-state index contributed by atoms with van der Waals surface area (Å²) in [5.41, 5.74) is 8.22. The van der Waals surface area contributed by atoms with Crippen LogP contribution >= 0.6 is 0 Å². The van der Waals surface area contributed by atoms with E-state index in [1.54, 1.807) is 0 Å². The van der Waals surface area contributed by atoms with Gasteiger partial charge in [0, 0.05) is 43.3 Å². The van der Waals surface area contributed by atoms with Gasteiger partial charge in [0.1, 0.15) is 0 Å². The Balaban J connectivity index is 1.94. The molecular weight excluding hydrogens is 328 g/mol. The molecule has 0 radical (unpaired) electrons. The molecular formula is C25H24N2. The molecule has 0 atom stereocenters. The van der Waals surface area contributed by atoms with Crippen molar-refractivity contribution in [1.29, 1.82) is 0 Å². The van der Waals surface area contributed by atoms with E-state index < -0.39 is 0 Å². The van der Waals surface area contributed by atoms with Crippen LogP contribution in [-0.2, 0) is 7.05 Å². The number of hydrogen-bond donors (Lipinski definition) is 0. The van der Waals surface area contributed by atoms with Crippen LogP contribution in [-0.4, -0.2) is 18.7 Å². The number of fused-ring (bicyclic) bond motifs is 1. The Labute approximate surface area is 161 Å². The third kappa shape index (κ3) is 2.93.